The van der Waals surface area contributed by atoms with Crippen LogP contribution in [0.2, 0.25) is 0 Å². The average Bonchev–Trinajstić information content (AvgIpc) is 2.89. The van der Waals surface area contributed by atoms with Gasteiger partial charge in [-0.05, 0) is 98.8 Å². The number of nitrogens with zero attached hydrogens (tertiary/aromatic N) is 3. The fraction of sp³-hybridized carbons (Fsp3) is 1.00. The highest BCUT2D eigenvalue weighted by Crippen LogP contribution is 2.16. The van der Waals surface area contributed by atoms with E-state index in [9.17, 15) is 0 Å². The molecule has 2 saturated heterocycles. The van der Waals surface area contributed by atoms with Crippen LogP contribution >= 0.6 is 0 Å². The largest absolute Gasteiger partial charge is 0.309 e. The van der Waals surface area contributed by atoms with Crippen molar-refractivity contribution in [2.24, 2.45) is 5.92 Å². The highest BCUT2D eigenvalue weighted by Gasteiger charge is 2.17. The Labute approximate surface area is 141 Å². The van der Waals surface area contributed by atoms with Gasteiger partial charge in [-0.25, -0.2) is 0 Å². The van der Waals surface area contributed by atoms with E-state index in [2.05, 4.69) is 63.7 Å². The molecule has 3 heteroatoms. The first-order valence-electron chi connectivity index (χ1n) is 9.44. The van der Waals surface area contributed by atoms with Crippen molar-refractivity contribution >= 4 is 0 Å². The van der Waals surface area contributed by atoms with Crippen molar-refractivity contribution in [1.29, 1.82) is 0 Å². The second-order valence-electron chi connectivity index (χ2n) is 7.47. The second kappa shape index (κ2) is 13.3. The molecule has 0 aliphatic carbocycles. The van der Waals surface area contributed by atoms with Gasteiger partial charge in [-0.1, -0.05) is 20.8 Å². The molecule has 2 aliphatic rings. The Morgan fingerprint density at radius 3 is 1.77 bits per heavy atom. The number of likely N-dealkylation sites (tertiary alicyclic amines) is 2. The minimum atomic E-state index is 0.898. The van der Waals surface area contributed by atoms with Crippen molar-refractivity contribution in [3.63, 3.8) is 0 Å². The highest BCUT2D eigenvalue weighted by molar-refractivity contribution is 4.73. The molecule has 0 aromatic heterocycles. The number of piperidine rings is 1. The summed E-state index contributed by atoms with van der Waals surface area (Å²) >= 11 is 0. The van der Waals surface area contributed by atoms with E-state index in [1.807, 2.05) is 0 Å². The molecular formula is C19H43N3. The Morgan fingerprint density at radius 1 is 0.955 bits per heavy atom. The predicted molar refractivity (Wildman–Crippen MR) is 101 cm³/mol. The first kappa shape index (κ1) is 21.9. The summed E-state index contributed by atoms with van der Waals surface area (Å²) < 4.78 is 0. The maximum absolute atomic E-state index is 2.46. The zero-order valence-electron chi connectivity index (χ0n) is 16.6. The Hall–Kier alpha value is -0.120. The Balaban J connectivity index is 0.000000306. The summed E-state index contributed by atoms with van der Waals surface area (Å²) in [6, 6.07) is 0.898. The van der Waals surface area contributed by atoms with Gasteiger partial charge >= 0.3 is 0 Å². The van der Waals surface area contributed by atoms with Crippen LogP contribution in [-0.2, 0) is 0 Å². The van der Waals surface area contributed by atoms with Gasteiger partial charge in [-0.15, -0.1) is 0 Å². The first-order chi connectivity index (χ1) is 10.4. The summed E-state index contributed by atoms with van der Waals surface area (Å²) in [7, 11) is 8.60. The molecule has 2 fully saturated rings. The minimum absolute atomic E-state index is 0.898. The maximum atomic E-state index is 2.46. The fourth-order valence-corrected chi connectivity index (χ4v) is 3.08. The quantitative estimate of drug-likeness (QED) is 0.785. The Bertz CT molecular complexity index is 225. The van der Waals surface area contributed by atoms with Gasteiger partial charge in [0.1, 0.15) is 0 Å². The monoisotopic (exact) mass is 313 g/mol. The third kappa shape index (κ3) is 11.4. The molecule has 134 valence electrons. The van der Waals surface area contributed by atoms with Crippen molar-refractivity contribution in [2.45, 2.75) is 65.3 Å². The van der Waals surface area contributed by atoms with Crippen LogP contribution in [0.25, 0.3) is 0 Å². The summed E-state index contributed by atoms with van der Waals surface area (Å²) in [5, 5.41) is 0. The van der Waals surface area contributed by atoms with Crippen molar-refractivity contribution in [3.8, 4) is 0 Å². The van der Waals surface area contributed by atoms with E-state index in [1.54, 1.807) is 0 Å². The van der Waals surface area contributed by atoms with E-state index >= 15 is 0 Å². The number of hydrogen-bond acceptors (Lipinski definition) is 3. The normalized spacial score (nSPS) is 23.7. The van der Waals surface area contributed by atoms with Crippen molar-refractivity contribution < 1.29 is 0 Å². The van der Waals surface area contributed by atoms with Crippen LogP contribution in [0.1, 0.15) is 59.3 Å². The summed E-state index contributed by atoms with van der Waals surface area (Å²) in [5.74, 6) is 0.978. The Kier molecular flexibility index (Phi) is 13.3. The van der Waals surface area contributed by atoms with E-state index in [-0.39, 0.29) is 0 Å². The standard InChI is InChI=1S/2C7H15N.C5H13N/c1-7-3-5-8(2)6-4-7;1-3-7-5-4-6-8(7)2;1-4-5-6(2)3/h2*7H,3-6H2,1-2H3;4-5H2,1-3H3/t;7-;/m.0./s1. The molecule has 3 nitrogen and oxygen atoms in total. The first-order valence-corrected chi connectivity index (χ1v) is 9.44. The SMILES string of the molecule is CC1CCN(C)CC1.CCCN(C)C.CC[C@H]1CCCN1C. The van der Waals surface area contributed by atoms with Gasteiger partial charge in [0.05, 0.1) is 0 Å². The summed E-state index contributed by atoms with van der Waals surface area (Å²) in [5.41, 5.74) is 0. The van der Waals surface area contributed by atoms with Gasteiger partial charge in [0.15, 0.2) is 0 Å². The molecule has 0 N–H and O–H groups in total. The highest BCUT2D eigenvalue weighted by atomic mass is 15.1. The molecule has 2 rings (SSSR count). The molecule has 0 aromatic carbocycles. The van der Waals surface area contributed by atoms with Crippen LogP contribution in [0.5, 0.6) is 0 Å². The summed E-state index contributed by atoms with van der Waals surface area (Å²) in [6.07, 6.45) is 8.22. The lowest BCUT2D eigenvalue weighted by atomic mass is 10.00. The smallest absolute Gasteiger partial charge is 0.00900 e. The van der Waals surface area contributed by atoms with Gasteiger partial charge in [0.2, 0.25) is 0 Å². The van der Waals surface area contributed by atoms with Gasteiger partial charge in [0, 0.05) is 6.04 Å². The van der Waals surface area contributed by atoms with E-state index < -0.39 is 0 Å². The Morgan fingerprint density at radius 2 is 1.55 bits per heavy atom. The zero-order valence-corrected chi connectivity index (χ0v) is 16.6. The molecule has 0 aromatic rings. The third-order valence-electron chi connectivity index (χ3n) is 4.82. The molecule has 0 saturated carbocycles. The van der Waals surface area contributed by atoms with Crippen LogP contribution in [0, 0.1) is 5.92 Å². The van der Waals surface area contributed by atoms with Gasteiger partial charge < -0.3 is 14.7 Å². The van der Waals surface area contributed by atoms with Crippen molar-refractivity contribution in [2.75, 3.05) is 54.4 Å². The summed E-state index contributed by atoms with van der Waals surface area (Å²) in [6.45, 7) is 11.9. The van der Waals surface area contributed by atoms with E-state index in [0.29, 0.717) is 0 Å². The molecule has 0 radical (unpaired) electrons. The van der Waals surface area contributed by atoms with E-state index in [4.69, 9.17) is 0 Å². The fourth-order valence-electron chi connectivity index (χ4n) is 3.08. The van der Waals surface area contributed by atoms with Crippen LogP contribution in [0.4, 0.5) is 0 Å². The third-order valence-corrected chi connectivity index (χ3v) is 4.82. The van der Waals surface area contributed by atoms with Gasteiger partial charge in [0.25, 0.3) is 0 Å². The van der Waals surface area contributed by atoms with E-state index in [1.165, 1.54) is 64.7 Å². The lowest BCUT2D eigenvalue weighted by Crippen LogP contribution is -2.28. The van der Waals surface area contributed by atoms with Crippen LogP contribution in [-0.4, -0.2) is 75.1 Å². The summed E-state index contributed by atoms with van der Waals surface area (Å²) in [4.78, 5) is 7.04. The van der Waals surface area contributed by atoms with Crippen LogP contribution in [0.3, 0.4) is 0 Å². The molecule has 0 amide bonds. The molecule has 2 heterocycles. The minimum Gasteiger partial charge on any atom is -0.309 e. The molecule has 22 heavy (non-hydrogen) atoms. The van der Waals surface area contributed by atoms with Crippen LogP contribution in [0.15, 0.2) is 0 Å². The number of rotatable bonds is 3. The average molecular weight is 314 g/mol. The van der Waals surface area contributed by atoms with Crippen molar-refractivity contribution in [1.82, 2.24) is 14.7 Å². The molecular weight excluding hydrogens is 270 g/mol. The lowest BCUT2D eigenvalue weighted by Gasteiger charge is -2.26. The van der Waals surface area contributed by atoms with Gasteiger partial charge in [-0.2, -0.15) is 0 Å². The molecule has 0 spiro atoms. The molecule has 2 aliphatic heterocycles. The van der Waals surface area contributed by atoms with Crippen LogP contribution < -0.4 is 0 Å². The zero-order chi connectivity index (χ0) is 17.0. The molecule has 0 bridgehead atoms. The predicted octanol–water partition coefficient (Wildman–Crippen LogP) is 3.80. The topological polar surface area (TPSA) is 9.72 Å². The second-order valence-corrected chi connectivity index (χ2v) is 7.47. The molecule has 0 unspecified atom stereocenters. The van der Waals surface area contributed by atoms with E-state index in [0.717, 1.165) is 12.0 Å². The van der Waals surface area contributed by atoms with Gasteiger partial charge in [-0.3, -0.25) is 0 Å². The lowest BCUT2D eigenvalue weighted by molar-refractivity contribution is 0.230. The van der Waals surface area contributed by atoms with Crippen molar-refractivity contribution in [3.05, 3.63) is 0 Å². The molecule has 1 atom stereocenters. The number of hydrogen-bond donors (Lipinski definition) is 0. The maximum Gasteiger partial charge on any atom is 0.00900 e.